The van der Waals surface area contributed by atoms with Crippen molar-refractivity contribution >= 4 is 11.8 Å². The summed E-state index contributed by atoms with van der Waals surface area (Å²) in [5.41, 5.74) is 0. The number of halogens is 3. The smallest absolute Gasteiger partial charge is 0.353 e. The molecule has 0 unspecified atom stereocenters. The molecule has 1 rings (SSSR count). The second kappa shape index (κ2) is 5.15. The molecule has 2 amide bonds. The summed E-state index contributed by atoms with van der Waals surface area (Å²) in [6.45, 7) is -1.04. The molecule has 0 saturated carbocycles. The molecule has 92 valence electrons. The molecule has 1 saturated heterocycles. The van der Waals surface area contributed by atoms with Gasteiger partial charge in [0.05, 0.1) is 19.6 Å². The van der Waals surface area contributed by atoms with Crippen molar-refractivity contribution in [3.05, 3.63) is 0 Å². The van der Waals surface area contributed by atoms with Crippen LogP contribution in [0, 0.1) is 0 Å². The van der Waals surface area contributed by atoms with Crippen LogP contribution in [0.2, 0.25) is 0 Å². The highest BCUT2D eigenvalue weighted by Gasteiger charge is 2.27. The Morgan fingerprint density at radius 2 is 2.19 bits per heavy atom. The predicted molar refractivity (Wildman–Crippen MR) is 48.5 cm³/mol. The first kappa shape index (κ1) is 12.8. The zero-order valence-corrected chi connectivity index (χ0v) is 8.43. The lowest BCUT2D eigenvalue weighted by molar-refractivity contribution is -0.139. The third-order valence-electron chi connectivity index (χ3n) is 1.99. The number of nitrogens with one attached hydrogen (secondary N) is 2. The molecule has 1 aliphatic heterocycles. The van der Waals surface area contributed by atoms with E-state index >= 15 is 0 Å². The maximum atomic E-state index is 11.8. The maximum Gasteiger partial charge on any atom is 0.401 e. The number of piperazine rings is 1. The van der Waals surface area contributed by atoms with E-state index in [1.54, 1.807) is 0 Å². The minimum absolute atomic E-state index is 0.0907. The lowest BCUT2D eigenvalue weighted by Crippen LogP contribution is -2.52. The molecule has 0 aliphatic carbocycles. The van der Waals surface area contributed by atoms with E-state index in [0.717, 1.165) is 0 Å². The molecule has 0 atom stereocenters. The van der Waals surface area contributed by atoms with E-state index in [9.17, 15) is 22.8 Å². The van der Waals surface area contributed by atoms with Crippen LogP contribution in [0.5, 0.6) is 0 Å². The summed E-state index contributed by atoms with van der Waals surface area (Å²) in [7, 11) is 0. The number of nitrogens with zero attached hydrogens (tertiary/aromatic N) is 1. The second-order valence-corrected chi connectivity index (χ2v) is 3.38. The van der Waals surface area contributed by atoms with Crippen molar-refractivity contribution < 1.29 is 22.8 Å². The molecule has 5 nitrogen and oxygen atoms in total. The van der Waals surface area contributed by atoms with Gasteiger partial charge in [-0.3, -0.25) is 9.59 Å². The Labute approximate surface area is 90.0 Å². The average Bonchev–Trinajstić information content (AvgIpc) is 2.15. The third-order valence-corrected chi connectivity index (χ3v) is 1.99. The molecule has 1 fully saturated rings. The monoisotopic (exact) mass is 239 g/mol. The van der Waals surface area contributed by atoms with Crippen LogP contribution < -0.4 is 10.6 Å². The van der Waals surface area contributed by atoms with Gasteiger partial charge in [-0.25, -0.2) is 0 Å². The maximum absolute atomic E-state index is 11.8. The van der Waals surface area contributed by atoms with Gasteiger partial charge < -0.3 is 15.5 Å². The Morgan fingerprint density at radius 1 is 1.50 bits per heavy atom. The fourth-order valence-electron chi connectivity index (χ4n) is 1.27. The zero-order chi connectivity index (χ0) is 12.2. The highest BCUT2D eigenvalue weighted by molar-refractivity contribution is 5.86. The second-order valence-electron chi connectivity index (χ2n) is 3.38. The van der Waals surface area contributed by atoms with Crippen molar-refractivity contribution in [1.29, 1.82) is 0 Å². The van der Waals surface area contributed by atoms with Crippen molar-refractivity contribution in [3.63, 3.8) is 0 Å². The fraction of sp³-hybridized carbons (Fsp3) is 0.750. The van der Waals surface area contributed by atoms with Crippen LogP contribution in [0.3, 0.4) is 0 Å². The quantitative estimate of drug-likeness (QED) is 0.670. The number of carbonyl (C=O) groups is 2. The summed E-state index contributed by atoms with van der Waals surface area (Å²) in [5.74, 6) is -0.797. The molecule has 0 bridgehead atoms. The summed E-state index contributed by atoms with van der Waals surface area (Å²) in [5, 5.41) is 4.50. The summed E-state index contributed by atoms with van der Waals surface area (Å²) in [4.78, 5) is 23.5. The number of hydrogen-bond donors (Lipinski definition) is 2. The van der Waals surface area contributed by atoms with Gasteiger partial charge in [-0.15, -0.1) is 0 Å². The highest BCUT2D eigenvalue weighted by Crippen LogP contribution is 2.11. The minimum Gasteiger partial charge on any atom is -0.353 e. The number of alkyl halides is 3. The first-order valence-corrected chi connectivity index (χ1v) is 4.70. The Balaban J connectivity index is 2.27. The van der Waals surface area contributed by atoms with Crippen LogP contribution in [0.1, 0.15) is 0 Å². The fourth-order valence-corrected chi connectivity index (χ4v) is 1.27. The van der Waals surface area contributed by atoms with Crippen molar-refractivity contribution in [2.45, 2.75) is 6.18 Å². The molecular formula is C8H12F3N3O2. The van der Waals surface area contributed by atoms with E-state index in [0.29, 0.717) is 13.1 Å². The van der Waals surface area contributed by atoms with Crippen LogP contribution in [-0.2, 0) is 9.59 Å². The van der Waals surface area contributed by atoms with E-state index in [1.165, 1.54) is 4.90 Å². The summed E-state index contributed by atoms with van der Waals surface area (Å²) in [6, 6.07) is 0. The van der Waals surface area contributed by atoms with Gasteiger partial charge in [0.1, 0.15) is 0 Å². The average molecular weight is 239 g/mol. The molecule has 1 aliphatic rings. The standard InChI is InChI=1S/C8H12F3N3O2/c9-8(10,11)5-12-3-7(16)14-2-1-13-6(15)4-14/h12H,1-5H2,(H,13,15). The molecule has 0 spiro atoms. The Hall–Kier alpha value is -1.31. The number of amides is 2. The first-order valence-electron chi connectivity index (χ1n) is 4.70. The lowest BCUT2D eigenvalue weighted by atomic mass is 10.3. The van der Waals surface area contributed by atoms with E-state index in [-0.39, 0.29) is 12.5 Å². The predicted octanol–water partition coefficient (Wildman–Crippen LogP) is -0.903. The zero-order valence-electron chi connectivity index (χ0n) is 8.43. The normalized spacial score (nSPS) is 17.2. The van der Waals surface area contributed by atoms with Gasteiger partial charge in [0.25, 0.3) is 0 Å². The van der Waals surface area contributed by atoms with Crippen LogP contribution in [0.4, 0.5) is 13.2 Å². The third kappa shape index (κ3) is 4.47. The molecule has 0 radical (unpaired) electrons. The van der Waals surface area contributed by atoms with E-state index < -0.39 is 25.2 Å². The van der Waals surface area contributed by atoms with Crippen molar-refractivity contribution in [3.8, 4) is 0 Å². The first-order chi connectivity index (χ1) is 7.38. The van der Waals surface area contributed by atoms with Crippen LogP contribution in [0.15, 0.2) is 0 Å². The minimum atomic E-state index is -4.33. The SMILES string of the molecule is O=C1CN(C(=O)CNCC(F)(F)F)CCN1. The van der Waals surface area contributed by atoms with E-state index in [2.05, 4.69) is 5.32 Å². The molecule has 0 aromatic heterocycles. The van der Waals surface area contributed by atoms with E-state index in [1.807, 2.05) is 5.32 Å². The largest absolute Gasteiger partial charge is 0.401 e. The van der Waals surface area contributed by atoms with Gasteiger partial charge in [-0.2, -0.15) is 13.2 Å². The highest BCUT2D eigenvalue weighted by atomic mass is 19.4. The van der Waals surface area contributed by atoms with Gasteiger partial charge in [0.2, 0.25) is 11.8 Å². The van der Waals surface area contributed by atoms with Gasteiger partial charge in [-0.1, -0.05) is 0 Å². The summed E-state index contributed by atoms with van der Waals surface area (Å²) < 4.78 is 35.3. The molecule has 0 aromatic rings. The van der Waals surface area contributed by atoms with Crippen LogP contribution in [0.25, 0.3) is 0 Å². The molecule has 2 N–H and O–H groups in total. The molecule has 1 heterocycles. The van der Waals surface area contributed by atoms with E-state index in [4.69, 9.17) is 0 Å². The Morgan fingerprint density at radius 3 is 2.75 bits per heavy atom. The van der Waals surface area contributed by atoms with Gasteiger partial charge in [0, 0.05) is 13.1 Å². The van der Waals surface area contributed by atoms with Crippen molar-refractivity contribution in [2.75, 3.05) is 32.7 Å². The number of hydrogen-bond acceptors (Lipinski definition) is 3. The summed E-state index contributed by atoms with van der Waals surface area (Å²) in [6.07, 6.45) is -4.33. The molecule has 16 heavy (non-hydrogen) atoms. The molecule has 8 heteroatoms. The van der Waals surface area contributed by atoms with Gasteiger partial charge >= 0.3 is 6.18 Å². The van der Waals surface area contributed by atoms with Crippen LogP contribution >= 0.6 is 0 Å². The Bertz CT molecular complexity index is 280. The van der Waals surface area contributed by atoms with Crippen LogP contribution in [-0.4, -0.2) is 55.6 Å². The topological polar surface area (TPSA) is 61.4 Å². The summed E-state index contributed by atoms with van der Waals surface area (Å²) >= 11 is 0. The number of rotatable bonds is 3. The van der Waals surface area contributed by atoms with Gasteiger partial charge in [-0.05, 0) is 0 Å². The lowest BCUT2D eigenvalue weighted by Gasteiger charge is -2.26. The number of carbonyl (C=O) groups excluding carboxylic acids is 2. The Kier molecular flexibility index (Phi) is 4.11. The molecular weight excluding hydrogens is 227 g/mol. The van der Waals surface area contributed by atoms with Gasteiger partial charge in [0.15, 0.2) is 0 Å². The van der Waals surface area contributed by atoms with Crippen molar-refractivity contribution in [1.82, 2.24) is 15.5 Å². The molecule has 0 aromatic carbocycles. The van der Waals surface area contributed by atoms with Crippen molar-refractivity contribution in [2.24, 2.45) is 0 Å².